The number of hydrogen-bond donors (Lipinski definition) is 2. The predicted molar refractivity (Wildman–Crippen MR) is 119 cm³/mol. The lowest BCUT2D eigenvalue weighted by Gasteiger charge is -2.13. The van der Waals surface area contributed by atoms with Crippen molar-refractivity contribution in [3.63, 3.8) is 0 Å². The molecule has 5 heteroatoms. The van der Waals surface area contributed by atoms with Crippen molar-refractivity contribution < 1.29 is 0 Å². The maximum atomic E-state index is 6.06. The third-order valence-corrected chi connectivity index (χ3v) is 3.85. The number of nitrogens with zero attached hydrogens (tertiary/aromatic N) is 2. The van der Waals surface area contributed by atoms with Crippen molar-refractivity contribution in [2.45, 2.75) is 32.9 Å². The first-order valence-electron chi connectivity index (χ1n) is 8.34. The SMILES string of the molecule is CC(C)c1cccc(NC(N)=NCc2ccccc2CN(C)C)c1.I. The Labute approximate surface area is 168 Å². The molecule has 0 aliphatic rings. The van der Waals surface area contributed by atoms with Gasteiger partial charge in [0.05, 0.1) is 6.54 Å². The number of aliphatic imine (C=N–C) groups is 1. The second-order valence-electron chi connectivity index (χ2n) is 6.61. The lowest BCUT2D eigenvalue weighted by molar-refractivity contribution is 0.401. The van der Waals surface area contributed by atoms with Gasteiger partial charge in [-0.3, -0.25) is 0 Å². The van der Waals surface area contributed by atoms with Crippen LogP contribution in [0, 0.1) is 0 Å². The molecule has 0 unspecified atom stereocenters. The van der Waals surface area contributed by atoms with Crippen molar-refractivity contribution in [3.8, 4) is 0 Å². The van der Waals surface area contributed by atoms with Crippen LogP contribution in [-0.4, -0.2) is 25.0 Å². The summed E-state index contributed by atoms with van der Waals surface area (Å²) in [7, 11) is 4.13. The molecule has 4 nitrogen and oxygen atoms in total. The minimum absolute atomic E-state index is 0. The van der Waals surface area contributed by atoms with Crippen LogP contribution in [0.15, 0.2) is 53.5 Å². The Balaban J connectivity index is 0.00000312. The average molecular weight is 452 g/mol. The van der Waals surface area contributed by atoms with E-state index in [9.17, 15) is 0 Å². The molecule has 0 aliphatic heterocycles. The van der Waals surface area contributed by atoms with Crippen LogP contribution in [0.2, 0.25) is 0 Å². The van der Waals surface area contributed by atoms with Crippen molar-refractivity contribution in [3.05, 3.63) is 65.2 Å². The second kappa shape index (κ2) is 10.4. The molecule has 136 valence electrons. The van der Waals surface area contributed by atoms with Gasteiger partial charge in [0.25, 0.3) is 0 Å². The first-order chi connectivity index (χ1) is 11.5. The number of hydrogen-bond acceptors (Lipinski definition) is 2. The zero-order valence-corrected chi connectivity index (χ0v) is 17.8. The van der Waals surface area contributed by atoms with Crippen molar-refractivity contribution in [2.75, 3.05) is 19.4 Å². The van der Waals surface area contributed by atoms with Gasteiger partial charge in [0, 0.05) is 12.2 Å². The van der Waals surface area contributed by atoms with Gasteiger partial charge in [-0.25, -0.2) is 4.99 Å². The molecule has 0 bridgehead atoms. The van der Waals surface area contributed by atoms with E-state index in [1.54, 1.807) is 0 Å². The lowest BCUT2D eigenvalue weighted by Crippen LogP contribution is -2.22. The summed E-state index contributed by atoms with van der Waals surface area (Å²) >= 11 is 0. The van der Waals surface area contributed by atoms with Crippen LogP contribution in [0.25, 0.3) is 0 Å². The molecule has 0 heterocycles. The molecule has 0 radical (unpaired) electrons. The summed E-state index contributed by atoms with van der Waals surface area (Å²) in [6.07, 6.45) is 0. The molecule has 0 atom stereocenters. The van der Waals surface area contributed by atoms with E-state index in [4.69, 9.17) is 5.73 Å². The summed E-state index contributed by atoms with van der Waals surface area (Å²) in [5.41, 5.74) is 10.8. The molecule has 2 aromatic rings. The number of nitrogens with one attached hydrogen (secondary N) is 1. The lowest BCUT2D eigenvalue weighted by atomic mass is 10.0. The van der Waals surface area contributed by atoms with Gasteiger partial charge in [-0.1, -0.05) is 50.2 Å². The molecule has 2 rings (SSSR count). The van der Waals surface area contributed by atoms with Gasteiger partial charge < -0.3 is 16.0 Å². The van der Waals surface area contributed by atoms with E-state index in [-0.39, 0.29) is 24.0 Å². The first-order valence-corrected chi connectivity index (χ1v) is 8.34. The molecule has 0 saturated carbocycles. The van der Waals surface area contributed by atoms with Gasteiger partial charge in [-0.15, -0.1) is 24.0 Å². The van der Waals surface area contributed by atoms with E-state index in [1.807, 2.05) is 18.2 Å². The summed E-state index contributed by atoms with van der Waals surface area (Å²) in [6.45, 7) is 5.83. The van der Waals surface area contributed by atoms with E-state index in [2.05, 4.69) is 73.5 Å². The van der Waals surface area contributed by atoms with E-state index in [0.717, 1.165) is 12.2 Å². The second-order valence-corrected chi connectivity index (χ2v) is 6.61. The fourth-order valence-corrected chi connectivity index (χ4v) is 2.54. The van der Waals surface area contributed by atoms with Crippen LogP contribution in [0.5, 0.6) is 0 Å². The van der Waals surface area contributed by atoms with E-state index in [1.165, 1.54) is 16.7 Å². The number of nitrogens with two attached hydrogens (primary N) is 1. The topological polar surface area (TPSA) is 53.6 Å². The Morgan fingerprint density at radius 1 is 1.08 bits per heavy atom. The molecular formula is C20H29IN4. The summed E-state index contributed by atoms with van der Waals surface area (Å²) in [5.74, 6) is 0.929. The predicted octanol–water partition coefficient (Wildman–Crippen LogP) is 4.42. The van der Waals surface area contributed by atoms with Crippen LogP contribution >= 0.6 is 24.0 Å². The van der Waals surface area contributed by atoms with Crippen LogP contribution in [0.3, 0.4) is 0 Å². The van der Waals surface area contributed by atoms with Gasteiger partial charge >= 0.3 is 0 Å². The van der Waals surface area contributed by atoms with Crippen LogP contribution < -0.4 is 11.1 Å². The first kappa shape index (κ1) is 21.4. The van der Waals surface area contributed by atoms with Gasteiger partial charge in [0.1, 0.15) is 0 Å². The van der Waals surface area contributed by atoms with Gasteiger partial charge in [0.2, 0.25) is 0 Å². The fourth-order valence-electron chi connectivity index (χ4n) is 2.54. The van der Waals surface area contributed by atoms with Crippen molar-refractivity contribution in [1.82, 2.24) is 4.90 Å². The van der Waals surface area contributed by atoms with Crippen molar-refractivity contribution >= 4 is 35.6 Å². The van der Waals surface area contributed by atoms with E-state index < -0.39 is 0 Å². The smallest absolute Gasteiger partial charge is 0.193 e. The van der Waals surface area contributed by atoms with Crippen LogP contribution in [0.1, 0.15) is 36.5 Å². The third-order valence-electron chi connectivity index (χ3n) is 3.85. The minimum atomic E-state index is 0. The Hall–Kier alpha value is -1.60. The summed E-state index contributed by atoms with van der Waals surface area (Å²) in [6, 6.07) is 16.6. The molecule has 0 spiro atoms. The number of guanidine groups is 1. The van der Waals surface area contributed by atoms with Crippen molar-refractivity contribution in [1.29, 1.82) is 0 Å². The summed E-state index contributed by atoms with van der Waals surface area (Å²) < 4.78 is 0. The Morgan fingerprint density at radius 2 is 1.76 bits per heavy atom. The highest BCUT2D eigenvalue weighted by molar-refractivity contribution is 14.0. The third kappa shape index (κ3) is 7.04. The largest absolute Gasteiger partial charge is 0.370 e. The van der Waals surface area contributed by atoms with E-state index in [0.29, 0.717) is 18.4 Å². The Bertz CT molecular complexity index is 696. The Kier molecular flexibility index (Phi) is 8.92. The molecule has 2 aromatic carbocycles. The zero-order chi connectivity index (χ0) is 17.5. The Morgan fingerprint density at radius 3 is 2.40 bits per heavy atom. The molecule has 0 aliphatic carbocycles. The molecule has 25 heavy (non-hydrogen) atoms. The maximum absolute atomic E-state index is 6.06. The van der Waals surface area contributed by atoms with E-state index >= 15 is 0 Å². The molecule has 0 amide bonds. The minimum Gasteiger partial charge on any atom is -0.370 e. The summed E-state index contributed by atoms with van der Waals surface area (Å²) in [4.78, 5) is 6.65. The fraction of sp³-hybridized carbons (Fsp3) is 0.350. The monoisotopic (exact) mass is 452 g/mol. The molecule has 0 aromatic heterocycles. The number of anilines is 1. The highest BCUT2D eigenvalue weighted by Crippen LogP contribution is 2.18. The number of halogens is 1. The number of rotatable bonds is 6. The van der Waals surface area contributed by atoms with Gasteiger partial charge in [-0.05, 0) is 48.8 Å². The normalized spacial score (nSPS) is 11.5. The molecule has 0 fully saturated rings. The van der Waals surface area contributed by atoms with Gasteiger partial charge in [-0.2, -0.15) is 0 Å². The summed E-state index contributed by atoms with van der Waals surface area (Å²) in [5, 5.41) is 3.18. The highest BCUT2D eigenvalue weighted by Gasteiger charge is 2.04. The molecule has 0 saturated heterocycles. The van der Waals surface area contributed by atoms with Crippen molar-refractivity contribution in [2.24, 2.45) is 10.7 Å². The average Bonchev–Trinajstić information content (AvgIpc) is 2.53. The number of benzene rings is 2. The van der Waals surface area contributed by atoms with Crippen LogP contribution in [-0.2, 0) is 13.1 Å². The van der Waals surface area contributed by atoms with Gasteiger partial charge in [0.15, 0.2) is 5.96 Å². The van der Waals surface area contributed by atoms with Crippen LogP contribution in [0.4, 0.5) is 5.69 Å². The maximum Gasteiger partial charge on any atom is 0.193 e. The molecule has 3 N–H and O–H groups in total. The highest BCUT2D eigenvalue weighted by atomic mass is 127. The standard InChI is InChI=1S/C20H28N4.HI/c1-15(2)16-10-7-11-19(12-16)23-20(21)22-13-17-8-5-6-9-18(17)14-24(3)4;/h5-12,15H,13-14H2,1-4H3,(H3,21,22,23);1H. The quantitative estimate of drug-likeness (QED) is 0.388. The molecular weight excluding hydrogens is 423 g/mol. The zero-order valence-electron chi connectivity index (χ0n) is 15.5.